The summed E-state index contributed by atoms with van der Waals surface area (Å²) in [6, 6.07) is 0. The lowest BCUT2D eigenvalue weighted by Crippen LogP contribution is -2.26. The van der Waals surface area contributed by atoms with Gasteiger partial charge in [-0.15, -0.1) is 0 Å². The average molecular weight is 1040 g/mol. The van der Waals surface area contributed by atoms with E-state index in [9.17, 15) is 14.4 Å². The van der Waals surface area contributed by atoms with Gasteiger partial charge in [-0.1, -0.05) is 37.4 Å². The number of hydrogen-bond acceptors (Lipinski definition) is 14. The van der Waals surface area contributed by atoms with Crippen molar-refractivity contribution in [1.29, 1.82) is 0 Å². The van der Waals surface area contributed by atoms with Gasteiger partial charge in [0.15, 0.2) is 36.3 Å². The van der Waals surface area contributed by atoms with E-state index in [1.807, 2.05) is 81.2 Å². The van der Waals surface area contributed by atoms with Gasteiger partial charge in [0.1, 0.15) is 11.6 Å². The molecule has 0 atom stereocenters. The Bertz CT molecular complexity index is 3060. The number of rotatable bonds is 12. The maximum Gasteiger partial charge on any atom is 0.460 e. The summed E-state index contributed by atoms with van der Waals surface area (Å²) in [6.45, 7) is 36.3. The molecule has 0 aliphatic carbocycles. The van der Waals surface area contributed by atoms with Gasteiger partial charge in [-0.25, -0.2) is 19.6 Å². The molecule has 0 fully saturated rings. The summed E-state index contributed by atoms with van der Waals surface area (Å²) in [6.07, 6.45) is 0. The van der Waals surface area contributed by atoms with Crippen LogP contribution >= 0.6 is 12.2 Å². The molecule has 4 aromatic heterocycles. The fourth-order valence-electron chi connectivity index (χ4n) is 8.66. The van der Waals surface area contributed by atoms with Crippen molar-refractivity contribution in [2.24, 2.45) is 24.4 Å². The molecule has 0 aliphatic rings. The SMILES string of the molecule is C.C.CC(=O)N(C)c1nc(CON=C(c2c(C)c(C)c(C)c(C)c2C)c2nc(=O)on2C)c(C)c(C)c1C.CC(=S)N(C)c1nc(CON=C(c2c(C)c(C)c(C)c(C)c2C)c2nc(=O)on2C)c(C)c(C)c1C. The molecule has 0 saturated carbocycles. The highest BCUT2D eigenvalue weighted by Crippen LogP contribution is 2.31. The number of carbonyl (C=O) groups excluding carboxylic acids is 1. The van der Waals surface area contributed by atoms with Crippen LogP contribution in [0, 0.1) is 111 Å². The van der Waals surface area contributed by atoms with Gasteiger partial charge in [0.05, 0.1) is 16.4 Å². The number of anilines is 2. The first-order valence-electron chi connectivity index (χ1n) is 23.6. The van der Waals surface area contributed by atoms with E-state index in [4.69, 9.17) is 40.9 Å². The number of thiocarbonyl (C=S) groups is 1. The van der Waals surface area contributed by atoms with Crippen molar-refractivity contribution in [3.05, 3.63) is 144 Å². The number of aryl methyl sites for hydroxylation is 2. The predicted octanol–water partition coefficient (Wildman–Crippen LogP) is 10.4. The quantitative estimate of drug-likeness (QED) is 0.0640. The van der Waals surface area contributed by atoms with Gasteiger partial charge < -0.3 is 23.6 Å². The molecule has 6 aromatic rings. The van der Waals surface area contributed by atoms with E-state index in [1.165, 1.54) is 32.4 Å². The Kier molecular flexibility index (Phi) is 20.1. The molecule has 6 rings (SSSR count). The van der Waals surface area contributed by atoms with Crippen LogP contribution in [-0.4, -0.2) is 65.8 Å². The molecule has 74 heavy (non-hydrogen) atoms. The molecule has 0 N–H and O–H groups in total. The third-order valence-electron chi connectivity index (χ3n) is 14.9. The van der Waals surface area contributed by atoms with Gasteiger partial charge in [-0.2, -0.15) is 19.4 Å². The summed E-state index contributed by atoms with van der Waals surface area (Å²) >= 11 is 5.37. The zero-order valence-electron chi connectivity index (χ0n) is 46.2. The highest BCUT2D eigenvalue weighted by Gasteiger charge is 2.26. The molecule has 400 valence electrons. The smallest absolute Gasteiger partial charge is 0.389 e. The zero-order valence-corrected chi connectivity index (χ0v) is 47.0. The Hall–Kier alpha value is -7.08. The van der Waals surface area contributed by atoms with E-state index >= 15 is 0 Å². The Morgan fingerprint density at radius 2 is 0.770 bits per heavy atom. The molecule has 0 bridgehead atoms. The summed E-state index contributed by atoms with van der Waals surface area (Å²) in [5.74, 6) is 0.452. The van der Waals surface area contributed by atoms with Gasteiger partial charge in [0.2, 0.25) is 5.91 Å². The number of nitrogens with zero attached hydrogens (tertiary/aromatic N) is 10. The third kappa shape index (κ3) is 12.0. The van der Waals surface area contributed by atoms with E-state index in [0.717, 1.165) is 106 Å². The van der Waals surface area contributed by atoms with Crippen molar-refractivity contribution in [2.75, 3.05) is 23.9 Å². The van der Waals surface area contributed by atoms with E-state index in [1.54, 1.807) is 21.1 Å². The van der Waals surface area contributed by atoms with Crippen LogP contribution in [0.4, 0.5) is 11.6 Å². The number of carbonyl (C=O) groups is 1. The molecule has 0 aliphatic heterocycles. The van der Waals surface area contributed by atoms with Crippen molar-refractivity contribution in [3.8, 4) is 0 Å². The molecule has 0 unspecified atom stereocenters. The first-order chi connectivity index (χ1) is 33.5. The van der Waals surface area contributed by atoms with Crippen LogP contribution in [0.5, 0.6) is 0 Å². The van der Waals surface area contributed by atoms with Gasteiger partial charge in [-0.3, -0.25) is 9.69 Å². The summed E-state index contributed by atoms with van der Waals surface area (Å²) < 4.78 is 12.9. The van der Waals surface area contributed by atoms with Gasteiger partial charge in [0.25, 0.3) is 0 Å². The summed E-state index contributed by atoms with van der Waals surface area (Å²) in [7, 11) is 6.84. The predicted molar refractivity (Wildman–Crippen MR) is 301 cm³/mol. The van der Waals surface area contributed by atoms with Crippen LogP contribution < -0.4 is 21.3 Å². The largest absolute Gasteiger partial charge is 0.460 e. The summed E-state index contributed by atoms with van der Waals surface area (Å²) in [4.78, 5) is 69.5. The van der Waals surface area contributed by atoms with Crippen LogP contribution in [0.1, 0.15) is 152 Å². The van der Waals surface area contributed by atoms with E-state index in [2.05, 4.69) is 68.7 Å². The number of amides is 1. The normalized spacial score (nSPS) is 11.4. The van der Waals surface area contributed by atoms with Crippen LogP contribution in [0.15, 0.2) is 28.9 Å². The number of benzene rings is 2. The van der Waals surface area contributed by atoms with Gasteiger partial charge >= 0.3 is 11.5 Å². The fraction of sp³-hybridized carbons (Fsp3) is 0.464. The highest BCUT2D eigenvalue weighted by molar-refractivity contribution is 7.80. The minimum atomic E-state index is -0.709. The van der Waals surface area contributed by atoms with Crippen LogP contribution in [0.2, 0.25) is 0 Å². The lowest BCUT2D eigenvalue weighted by molar-refractivity contribution is -0.116. The second-order valence-corrected chi connectivity index (χ2v) is 19.3. The zero-order chi connectivity index (χ0) is 54.1. The van der Waals surface area contributed by atoms with E-state index in [0.29, 0.717) is 28.8 Å². The Morgan fingerprint density at radius 1 is 0.486 bits per heavy atom. The lowest BCUT2D eigenvalue weighted by Gasteiger charge is -2.22. The van der Waals surface area contributed by atoms with Crippen molar-refractivity contribution in [2.45, 2.75) is 153 Å². The summed E-state index contributed by atoms with van der Waals surface area (Å²) in [5.41, 5.74) is 21.4. The topological polar surface area (TPSA) is 189 Å². The molecule has 0 radical (unpaired) electrons. The van der Waals surface area contributed by atoms with Crippen molar-refractivity contribution >= 4 is 46.2 Å². The first kappa shape index (κ1) is 61.2. The molecule has 17 nitrogen and oxygen atoms in total. The Labute approximate surface area is 442 Å². The van der Waals surface area contributed by atoms with Crippen LogP contribution in [0.3, 0.4) is 0 Å². The number of aromatic nitrogens is 6. The average Bonchev–Trinajstić information content (AvgIpc) is 3.86. The lowest BCUT2D eigenvalue weighted by atomic mass is 9.87. The van der Waals surface area contributed by atoms with Gasteiger partial charge in [-0.05, 0) is 207 Å². The molecule has 0 spiro atoms. The second kappa shape index (κ2) is 24.3. The number of oxime groups is 2. The highest BCUT2D eigenvalue weighted by atomic mass is 32.1. The van der Waals surface area contributed by atoms with Crippen molar-refractivity contribution in [1.82, 2.24) is 29.4 Å². The molecule has 2 aromatic carbocycles. The van der Waals surface area contributed by atoms with Crippen LogP contribution in [-0.2, 0) is 41.8 Å². The third-order valence-corrected chi connectivity index (χ3v) is 15.2. The standard InChI is InChI=1S/C27H35N5O4.C27H35N5O3S.2CH4/c1-13-14(2)18(6)23(19(7)15(13)3)24(26-29-27(34)36-32(26)11)30-35-12-22-17(5)16(4)20(8)25(28-22)31(10)21(9)33;1-13-14(2)18(6)23(19(7)15(13)3)24(26-29-27(33)35-32(26)11)30-34-12-22-17(5)16(4)20(8)25(28-22)31(10)21(9)36;;/h2*12H2,1-11H3;2*1H4. The van der Waals surface area contributed by atoms with Crippen molar-refractivity contribution in [3.63, 3.8) is 0 Å². The van der Waals surface area contributed by atoms with Crippen molar-refractivity contribution < 1.29 is 23.5 Å². The molecular weight excluding hydrogens is 957 g/mol. The van der Waals surface area contributed by atoms with Gasteiger partial charge in [0, 0.05) is 46.2 Å². The maximum atomic E-state index is 12.0. The monoisotopic (exact) mass is 1030 g/mol. The fourth-order valence-corrected chi connectivity index (χ4v) is 8.74. The molecular formula is C56H78N10O7S. The Morgan fingerprint density at radius 3 is 1.04 bits per heavy atom. The maximum absolute atomic E-state index is 12.0. The van der Waals surface area contributed by atoms with E-state index in [-0.39, 0.29) is 39.8 Å². The number of hydrogen-bond donors (Lipinski definition) is 0. The van der Waals surface area contributed by atoms with Crippen LogP contribution in [0.25, 0.3) is 0 Å². The minimum absolute atomic E-state index is 0. The number of pyridine rings is 2. The van der Waals surface area contributed by atoms with E-state index < -0.39 is 11.5 Å². The summed E-state index contributed by atoms with van der Waals surface area (Å²) in [5, 5.41) is 9.01. The molecule has 4 heterocycles. The molecule has 0 saturated heterocycles. The molecule has 1 amide bonds. The minimum Gasteiger partial charge on any atom is -0.389 e. The Balaban J connectivity index is 0.000000380. The molecule has 18 heteroatoms. The second-order valence-electron chi connectivity index (χ2n) is 18.7. The first-order valence-corrected chi connectivity index (χ1v) is 24.0.